The van der Waals surface area contributed by atoms with Crippen molar-refractivity contribution in [3.8, 4) is 0 Å². The highest BCUT2D eigenvalue weighted by molar-refractivity contribution is 14.0. The molecule has 1 aromatic carbocycles. The van der Waals surface area contributed by atoms with E-state index in [2.05, 4.69) is 68.3 Å². The van der Waals surface area contributed by atoms with Gasteiger partial charge in [0.15, 0.2) is 5.96 Å². The number of benzene rings is 1. The van der Waals surface area contributed by atoms with Crippen molar-refractivity contribution in [1.82, 2.24) is 25.2 Å². The Bertz CT molecular complexity index is 843. The maximum Gasteiger partial charge on any atom is 0.192 e. The van der Waals surface area contributed by atoms with E-state index >= 15 is 0 Å². The van der Waals surface area contributed by atoms with E-state index in [-0.39, 0.29) is 24.0 Å². The molecule has 0 fully saturated rings. The van der Waals surface area contributed by atoms with Crippen molar-refractivity contribution in [2.75, 3.05) is 6.54 Å². The molecule has 2 N–H and O–H groups in total. The summed E-state index contributed by atoms with van der Waals surface area (Å²) in [6.07, 6.45) is 5.72. The molecule has 3 aromatic rings. The lowest BCUT2D eigenvalue weighted by Gasteiger charge is -2.11. The Morgan fingerprint density at radius 3 is 2.70 bits per heavy atom. The third kappa shape index (κ3) is 6.62. The van der Waals surface area contributed by atoms with Gasteiger partial charge in [0.2, 0.25) is 0 Å². The SMILES string of the molecule is CCNC(=NCc1nccn1Cc1ccccc1)NCc1ncc(C)s1.I. The fraction of sp³-hybridized carbons (Fsp3) is 0.316. The summed E-state index contributed by atoms with van der Waals surface area (Å²) in [5.41, 5.74) is 1.25. The van der Waals surface area contributed by atoms with E-state index in [1.54, 1.807) is 11.3 Å². The van der Waals surface area contributed by atoms with Crippen LogP contribution < -0.4 is 10.6 Å². The van der Waals surface area contributed by atoms with Gasteiger partial charge in [0.25, 0.3) is 0 Å². The molecule has 0 aliphatic carbocycles. The van der Waals surface area contributed by atoms with E-state index < -0.39 is 0 Å². The zero-order valence-electron chi connectivity index (χ0n) is 15.6. The number of aryl methyl sites for hydroxylation is 1. The van der Waals surface area contributed by atoms with Crippen LogP contribution in [0.25, 0.3) is 0 Å². The van der Waals surface area contributed by atoms with E-state index in [1.165, 1.54) is 10.4 Å². The molecule has 0 unspecified atom stereocenters. The van der Waals surface area contributed by atoms with Crippen molar-refractivity contribution in [2.45, 2.75) is 33.5 Å². The number of nitrogens with one attached hydrogen (secondary N) is 2. The van der Waals surface area contributed by atoms with Gasteiger partial charge in [-0.2, -0.15) is 0 Å². The Hall–Kier alpha value is -1.94. The predicted molar refractivity (Wildman–Crippen MR) is 122 cm³/mol. The zero-order valence-corrected chi connectivity index (χ0v) is 18.7. The molecular weight excluding hydrogens is 471 g/mol. The monoisotopic (exact) mass is 496 g/mol. The number of aliphatic imine (C=N–C) groups is 1. The van der Waals surface area contributed by atoms with E-state index in [1.807, 2.05) is 24.7 Å². The highest BCUT2D eigenvalue weighted by Gasteiger charge is 2.05. The van der Waals surface area contributed by atoms with Crippen LogP contribution in [0, 0.1) is 6.92 Å². The summed E-state index contributed by atoms with van der Waals surface area (Å²) in [5, 5.41) is 7.66. The molecule has 2 heterocycles. The molecule has 2 aromatic heterocycles. The molecule has 144 valence electrons. The van der Waals surface area contributed by atoms with E-state index in [4.69, 9.17) is 0 Å². The van der Waals surface area contributed by atoms with Crippen molar-refractivity contribution in [1.29, 1.82) is 0 Å². The van der Waals surface area contributed by atoms with Gasteiger partial charge >= 0.3 is 0 Å². The summed E-state index contributed by atoms with van der Waals surface area (Å²) < 4.78 is 2.13. The number of guanidine groups is 1. The maximum atomic E-state index is 4.67. The van der Waals surface area contributed by atoms with Crippen LogP contribution in [-0.2, 0) is 19.6 Å². The van der Waals surface area contributed by atoms with Crippen LogP contribution in [-0.4, -0.2) is 27.0 Å². The fourth-order valence-electron chi connectivity index (χ4n) is 2.55. The number of aromatic nitrogens is 3. The number of nitrogens with zero attached hydrogens (tertiary/aromatic N) is 4. The number of rotatable bonds is 7. The largest absolute Gasteiger partial charge is 0.357 e. The van der Waals surface area contributed by atoms with Gasteiger partial charge in [-0.05, 0) is 19.4 Å². The number of imidazole rings is 1. The summed E-state index contributed by atoms with van der Waals surface area (Å²) in [6.45, 7) is 6.91. The van der Waals surface area contributed by atoms with Crippen LogP contribution in [0.5, 0.6) is 0 Å². The molecule has 0 spiro atoms. The smallest absolute Gasteiger partial charge is 0.192 e. The third-order valence-electron chi connectivity index (χ3n) is 3.80. The van der Waals surface area contributed by atoms with Crippen LogP contribution in [0.2, 0.25) is 0 Å². The minimum atomic E-state index is 0. The minimum absolute atomic E-state index is 0. The Balaban J connectivity index is 0.00000261. The highest BCUT2D eigenvalue weighted by atomic mass is 127. The second kappa shape index (κ2) is 11.0. The molecule has 0 amide bonds. The van der Waals surface area contributed by atoms with E-state index in [9.17, 15) is 0 Å². The first-order chi connectivity index (χ1) is 12.7. The van der Waals surface area contributed by atoms with Gasteiger partial charge in [0.05, 0.1) is 6.54 Å². The van der Waals surface area contributed by atoms with Crippen molar-refractivity contribution in [3.63, 3.8) is 0 Å². The second-order valence-corrected chi connectivity index (χ2v) is 7.19. The van der Waals surface area contributed by atoms with Gasteiger partial charge < -0.3 is 15.2 Å². The number of hydrogen-bond donors (Lipinski definition) is 2. The summed E-state index contributed by atoms with van der Waals surface area (Å²) >= 11 is 1.69. The zero-order chi connectivity index (χ0) is 18.2. The molecule has 0 atom stereocenters. The van der Waals surface area contributed by atoms with Crippen LogP contribution >= 0.6 is 35.3 Å². The standard InChI is InChI=1S/C19H24N6S.HI/c1-3-20-19(24-13-18-22-11-15(2)26-18)23-12-17-21-9-10-25(17)14-16-7-5-4-6-8-16;/h4-11H,3,12-14H2,1-2H3,(H2,20,23,24);1H. The number of halogens is 1. The first-order valence-electron chi connectivity index (χ1n) is 8.72. The Kier molecular flexibility index (Phi) is 8.73. The molecule has 0 radical (unpaired) electrons. The second-order valence-electron chi connectivity index (χ2n) is 5.87. The lowest BCUT2D eigenvalue weighted by molar-refractivity contribution is 0.716. The molecular formula is C19H25IN6S. The van der Waals surface area contributed by atoms with Gasteiger partial charge in [-0.15, -0.1) is 35.3 Å². The maximum absolute atomic E-state index is 4.67. The average molecular weight is 496 g/mol. The highest BCUT2D eigenvalue weighted by Crippen LogP contribution is 2.10. The normalized spacial score (nSPS) is 11.1. The van der Waals surface area contributed by atoms with Crippen molar-refractivity contribution in [2.24, 2.45) is 4.99 Å². The molecule has 0 aliphatic rings. The topological polar surface area (TPSA) is 67.1 Å². The Morgan fingerprint density at radius 2 is 2.00 bits per heavy atom. The molecule has 0 aliphatic heterocycles. The van der Waals surface area contributed by atoms with Gasteiger partial charge in [0.1, 0.15) is 17.4 Å². The van der Waals surface area contributed by atoms with Gasteiger partial charge in [-0.3, -0.25) is 0 Å². The van der Waals surface area contributed by atoms with Gasteiger partial charge in [-0.1, -0.05) is 30.3 Å². The Morgan fingerprint density at radius 1 is 1.19 bits per heavy atom. The molecule has 3 rings (SSSR count). The molecule has 0 bridgehead atoms. The van der Waals surface area contributed by atoms with Crippen LogP contribution in [0.1, 0.15) is 28.2 Å². The van der Waals surface area contributed by atoms with Gasteiger partial charge in [0, 0.05) is 36.6 Å². The number of hydrogen-bond acceptors (Lipinski definition) is 4. The molecule has 0 saturated heterocycles. The van der Waals surface area contributed by atoms with Crippen LogP contribution in [0.4, 0.5) is 0 Å². The third-order valence-corrected chi connectivity index (χ3v) is 4.71. The van der Waals surface area contributed by atoms with Crippen molar-refractivity contribution >= 4 is 41.3 Å². The summed E-state index contributed by atoms with van der Waals surface area (Å²) in [4.78, 5) is 14.7. The number of thiazole rings is 1. The van der Waals surface area contributed by atoms with E-state index in [0.29, 0.717) is 13.1 Å². The summed E-state index contributed by atoms with van der Waals surface area (Å²) in [6, 6.07) is 10.4. The average Bonchev–Trinajstić information content (AvgIpc) is 3.27. The predicted octanol–water partition coefficient (Wildman–Crippen LogP) is 3.57. The minimum Gasteiger partial charge on any atom is -0.357 e. The summed E-state index contributed by atoms with van der Waals surface area (Å²) in [5.74, 6) is 1.71. The Labute approximate surface area is 181 Å². The molecule has 0 saturated carbocycles. The first-order valence-corrected chi connectivity index (χ1v) is 9.53. The van der Waals surface area contributed by atoms with E-state index in [0.717, 1.165) is 29.9 Å². The summed E-state index contributed by atoms with van der Waals surface area (Å²) in [7, 11) is 0. The molecule has 8 heteroatoms. The molecule has 6 nitrogen and oxygen atoms in total. The lowest BCUT2D eigenvalue weighted by atomic mass is 10.2. The van der Waals surface area contributed by atoms with Gasteiger partial charge in [-0.25, -0.2) is 15.0 Å². The first kappa shape index (κ1) is 21.4. The fourth-order valence-corrected chi connectivity index (χ4v) is 3.28. The van der Waals surface area contributed by atoms with Crippen LogP contribution in [0.15, 0.2) is 53.9 Å². The van der Waals surface area contributed by atoms with Crippen molar-refractivity contribution in [3.05, 3.63) is 70.2 Å². The lowest BCUT2D eigenvalue weighted by Crippen LogP contribution is -2.36. The quantitative estimate of drug-likeness (QED) is 0.298. The van der Waals surface area contributed by atoms with Crippen molar-refractivity contribution < 1.29 is 0 Å². The molecule has 27 heavy (non-hydrogen) atoms. The van der Waals surface area contributed by atoms with Crippen LogP contribution in [0.3, 0.4) is 0 Å².